The number of nitrogens with zero attached hydrogens (tertiary/aromatic N) is 5. The summed E-state index contributed by atoms with van der Waals surface area (Å²) in [5.74, 6) is 0.479. The summed E-state index contributed by atoms with van der Waals surface area (Å²) in [4.78, 5) is 37.3. The quantitative estimate of drug-likeness (QED) is 0.446. The first kappa shape index (κ1) is 19.6. The number of pyridine rings is 3. The van der Waals surface area contributed by atoms with E-state index in [1.54, 1.807) is 34.6 Å². The molecule has 4 heterocycles. The van der Waals surface area contributed by atoms with Gasteiger partial charge in [0, 0.05) is 29.9 Å². The molecule has 1 aromatic carbocycles. The van der Waals surface area contributed by atoms with Crippen LogP contribution in [0.15, 0.2) is 59.7 Å². The van der Waals surface area contributed by atoms with Crippen LogP contribution >= 0.6 is 0 Å². The highest BCUT2D eigenvalue weighted by molar-refractivity contribution is 6.04. The van der Waals surface area contributed by atoms with Gasteiger partial charge in [-0.1, -0.05) is 6.07 Å². The van der Waals surface area contributed by atoms with E-state index >= 15 is 0 Å². The number of hydrogen-bond acceptors (Lipinski definition) is 5. The molecule has 0 fully saturated rings. The van der Waals surface area contributed by atoms with Crippen LogP contribution in [0.1, 0.15) is 11.4 Å². The number of carbonyl (C=O) groups excluding carboxylic acids is 1. The minimum absolute atomic E-state index is 0.153. The van der Waals surface area contributed by atoms with Crippen molar-refractivity contribution in [2.45, 2.75) is 13.8 Å². The maximum Gasteiger partial charge on any atom is 0.333 e. The van der Waals surface area contributed by atoms with Crippen LogP contribution in [0, 0.1) is 13.8 Å². The van der Waals surface area contributed by atoms with Gasteiger partial charge in [-0.25, -0.2) is 9.78 Å². The van der Waals surface area contributed by atoms with Crippen molar-refractivity contribution < 1.29 is 4.79 Å². The SMILES string of the molecule is Cc1ccc(-n2c(=O)n(C)c3cnc4ccc(-c5ccc(NC=O)nc5)cc4c32)c(C)n1. The van der Waals surface area contributed by atoms with Crippen LogP contribution in [-0.2, 0) is 11.8 Å². The standard InChI is InChI=1S/C24H20N6O2/c1-14-4-8-20(15(2)28-14)30-23-18-10-16(17-6-9-22(26-11-17)27-13-31)5-7-19(18)25-12-21(23)29(3)24(30)32/h4-13H,1-3H3,(H,26,27,31). The predicted octanol–water partition coefficient (Wildman–Crippen LogP) is 3.52. The Morgan fingerprint density at radius 2 is 1.78 bits per heavy atom. The minimum atomic E-state index is -0.153. The number of fused-ring (bicyclic) bond motifs is 3. The lowest BCUT2D eigenvalue weighted by Crippen LogP contribution is -2.21. The number of amides is 1. The van der Waals surface area contributed by atoms with E-state index in [1.165, 1.54) is 0 Å². The van der Waals surface area contributed by atoms with Gasteiger partial charge < -0.3 is 5.32 Å². The Kier molecular flexibility index (Phi) is 4.55. The number of hydrogen-bond donors (Lipinski definition) is 1. The summed E-state index contributed by atoms with van der Waals surface area (Å²) in [6.07, 6.45) is 4.03. The molecule has 0 atom stereocenters. The zero-order valence-electron chi connectivity index (χ0n) is 17.8. The molecule has 0 aliphatic heterocycles. The maximum absolute atomic E-state index is 13.2. The number of rotatable bonds is 4. The van der Waals surface area contributed by atoms with Crippen LogP contribution in [0.4, 0.5) is 5.82 Å². The minimum Gasteiger partial charge on any atom is -0.313 e. The molecule has 5 rings (SSSR count). The van der Waals surface area contributed by atoms with Gasteiger partial charge >= 0.3 is 5.69 Å². The lowest BCUT2D eigenvalue weighted by molar-refractivity contribution is -0.105. The Morgan fingerprint density at radius 1 is 0.969 bits per heavy atom. The van der Waals surface area contributed by atoms with E-state index in [9.17, 15) is 9.59 Å². The van der Waals surface area contributed by atoms with Gasteiger partial charge in [-0.2, -0.15) is 0 Å². The summed E-state index contributed by atoms with van der Waals surface area (Å²) in [5.41, 5.74) is 6.39. The molecule has 0 aliphatic rings. The number of aromatic nitrogens is 5. The number of imidazole rings is 1. The molecule has 0 radical (unpaired) electrons. The maximum atomic E-state index is 13.2. The van der Waals surface area contributed by atoms with Crippen LogP contribution in [0.25, 0.3) is 38.8 Å². The second-order valence-electron chi connectivity index (χ2n) is 7.65. The molecule has 4 aromatic heterocycles. The molecule has 0 bridgehead atoms. The Labute approximate surface area is 183 Å². The number of carbonyl (C=O) groups is 1. The van der Waals surface area contributed by atoms with E-state index in [4.69, 9.17) is 0 Å². The summed E-state index contributed by atoms with van der Waals surface area (Å²) in [6, 6.07) is 13.4. The average Bonchev–Trinajstić information content (AvgIpc) is 3.05. The zero-order valence-corrected chi connectivity index (χ0v) is 17.8. The second-order valence-corrected chi connectivity index (χ2v) is 7.65. The Balaban J connectivity index is 1.80. The highest BCUT2D eigenvalue weighted by atomic mass is 16.1. The number of anilines is 1. The highest BCUT2D eigenvalue weighted by Gasteiger charge is 2.18. The van der Waals surface area contributed by atoms with E-state index in [-0.39, 0.29) is 5.69 Å². The van der Waals surface area contributed by atoms with Crippen molar-refractivity contribution in [2.24, 2.45) is 7.05 Å². The van der Waals surface area contributed by atoms with Crippen molar-refractivity contribution in [1.82, 2.24) is 24.1 Å². The molecule has 8 nitrogen and oxygen atoms in total. The first-order chi connectivity index (χ1) is 15.5. The van der Waals surface area contributed by atoms with Crippen LogP contribution in [-0.4, -0.2) is 30.5 Å². The molecule has 32 heavy (non-hydrogen) atoms. The van der Waals surface area contributed by atoms with Crippen molar-refractivity contribution in [3.05, 3.63) is 76.7 Å². The monoisotopic (exact) mass is 424 g/mol. The van der Waals surface area contributed by atoms with Gasteiger partial charge in [0.25, 0.3) is 0 Å². The van der Waals surface area contributed by atoms with E-state index in [0.29, 0.717) is 12.2 Å². The number of nitrogens with one attached hydrogen (secondary N) is 1. The number of benzene rings is 1. The molecule has 0 saturated carbocycles. The molecular weight excluding hydrogens is 404 g/mol. The molecule has 0 unspecified atom stereocenters. The van der Waals surface area contributed by atoms with Gasteiger partial charge in [0.15, 0.2) is 0 Å². The van der Waals surface area contributed by atoms with Crippen LogP contribution in [0.2, 0.25) is 0 Å². The summed E-state index contributed by atoms with van der Waals surface area (Å²) >= 11 is 0. The number of aryl methyl sites for hydroxylation is 3. The third-order valence-corrected chi connectivity index (χ3v) is 5.63. The third-order valence-electron chi connectivity index (χ3n) is 5.63. The molecule has 0 aliphatic carbocycles. The van der Waals surface area contributed by atoms with Crippen molar-refractivity contribution in [3.8, 4) is 16.8 Å². The smallest absolute Gasteiger partial charge is 0.313 e. The van der Waals surface area contributed by atoms with Gasteiger partial charge in [-0.05, 0) is 55.8 Å². The third kappa shape index (κ3) is 3.04. The molecular formula is C24H20N6O2. The van der Waals surface area contributed by atoms with E-state index in [1.807, 2.05) is 50.2 Å². The van der Waals surface area contributed by atoms with Crippen molar-refractivity contribution in [3.63, 3.8) is 0 Å². The Morgan fingerprint density at radius 3 is 2.50 bits per heavy atom. The predicted molar refractivity (Wildman–Crippen MR) is 124 cm³/mol. The first-order valence-electron chi connectivity index (χ1n) is 10.1. The Bertz CT molecular complexity index is 1560. The largest absolute Gasteiger partial charge is 0.333 e. The van der Waals surface area contributed by atoms with Crippen molar-refractivity contribution in [2.75, 3.05) is 5.32 Å². The molecule has 1 amide bonds. The molecule has 1 N–H and O–H groups in total. The van der Waals surface area contributed by atoms with E-state index in [2.05, 4.69) is 20.3 Å². The highest BCUT2D eigenvalue weighted by Crippen LogP contribution is 2.30. The molecule has 0 saturated heterocycles. The zero-order chi connectivity index (χ0) is 22.4. The van der Waals surface area contributed by atoms with Gasteiger partial charge in [-0.15, -0.1) is 0 Å². The lowest BCUT2D eigenvalue weighted by Gasteiger charge is -2.10. The average molecular weight is 424 g/mol. The fraction of sp³-hybridized carbons (Fsp3) is 0.125. The van der Waals surface area contributed by atoms with Crippen molar-refractivity contribution in [1.29, 1.82) is 0 Å². The molecule has 158 valence electrons. The first-order valence-corrected chi connectivity index (χ1v) is 10.1. The van der Waals surface area contributed by atoms with Crippen LogP contribution in [0.3, 0.4) is 0 Å². The Hall–Kier alpha value is -4.33. The normalized spacial score (nSPS) is 11.2. The molecule has 8 heteroatoms. The van der Waals surface area contributed by atoms with Gasteiger partial charge in [-0.3, -0.25) is 23.9 Å². The van der Waals surface area contributed by atoms with Crippen LogP contribution in [0.5, 0.6) is 0 Å². The fourth-order valence-electron chi connectivity index (χ4n) is 4.03. The fourth-order valence-corrected chi connectivity index (χ4v) is 4.03. The second kappa shape index (κ2) is 7.42. The van der Waals surface area contributed by atoms with Gasteiger partial charge in [0.1, 0.15) is 5.82 Å². The molecule has 5 aromatic rings. The van der Waals surface area contributed by atoms with E-state index < -0.39 is 0 Å². The summed E-state index contributed by atoms with van der Waals surface area (Å²) < 4.78 is 3.31. The molecule has 0 spiro atoms. The van der Waals surface area contributed by atoms with Crippen LogP contribution < -0.4 is 11.0 Å². The van der Waals surface area contributed by atoms with Gasteiger partial charge in [0.05, 0.1) is 34.1 Å². The summed E-state index contributed by atoms with van der Waals surface area (Å²) in [6.45, 7) is 3.83. The summed E-state index contributed by atoms with van der Waals surface area (Å²) in [5, 5.41) is 3.39. The van der Waals surface area contributed by atoms with Gasteiger partial charge in [0.2, 0.25) is 6.41 Å². The van der Waals surface area contributed by atoms with E-state index in [0.717, 1.165) is 50.1 Å². The summed E-state index contributed by atoms with van der Waals surface area (Å²) in [7, 11) is 1.75. The lowest BCUT2D eigenvalue weighted by atomic mass is 10.0. The topological polar surface area (TPSA) is 94.7 Å². The van der Waals surface area contributed by atoms with Crippen molar-refractivity contribution >= 4 is 34.2 Å².